The molecule has 0 rings (SSSR count). The van der Waals surface area contributed by atoms with Gasteiger partial charge in [-0.1, -0.05) is 12.7 Å². The Balaban J connectivity index is 4.38. The summed E-state index contributed by atoms with van der Waals surface area (Å²) in [6.07, 6.45) is 1.78. The summed E-state index contributed by atoms with van der Waals surface area (Å²) >= 11 is 0. The van der Waals surface area contributed by atoms with Crippen LogP contribution in [0.15, 0.2) is 23.8 Å². The van der Waals surface area contributed by atoms with Crippen molar-refractivity contribution in [2.24, 2.45) is 0 Å². The number of Topliss-reactive ketones (excluding diaryl/α,β-unsaturated/α-hetero) is 1. The third-order valence-corrected chi connectivity index (χ3v) is 1.13. The van der Waals surface area contributed by atoms with E-state index in [-0.39, 0.29) is 5.78 Å². The lowest BCUT2D eigenvalue weighted by molar-refractivity contribution is -0.113. The monoisotopic (exact) mass is 124 g/mol. The van der Waals surface area contributed by atoms with Crippen LogP contribution in [0.2, 0.25) is 0 Å². The van der Waals surface area contributed by atoms with Crippen molar-refractivity contribution in [3.8, 4) is 0 Å². The summed E-state index contributed by atoms with van der Waals surface area (Å²) in [7, 11) is 0. The van der Waals surface area contributed by atoms with Crippen molar-refractivity contribution in [3.63, 3.8) is 0 Å². The maximum Gasteiger partial charge on any atom is 0.159 e. The Morgan fingerprint density at radius 2 is 1.89 bits per heavy atom. The number of carbonyl (C=O) groups excluding carboxylic acids is 1. The molecule has 0 saturated heterocycles. The van der Waals surface area contributed by atoms with Gasteiger partial charge in [0.15, 0.2) is 5.78 Å². The molecule has 0 aliphatic rings. The third-order valence-electron chi connectivity index (χ3n) is 1.13. The van der Waals surface area contributed by atoms with Crippen LogP contribution in [-0.2, 0) is 4.79 Å². The van der Waals surface area contributed by atoms with E-state index < -0.39 is 0 Å². The minimum atomic E-state index is 0.0880. The first-order valence-corrected chi connectivity index (χ1v) is 2.92. The van der Waals surface area contributed by atoms with Crippen molar-refractivity contribution in [3.05, 3.63) is 23.8 Å². The van der Waals surface area contributed by atoms with Crippen LogP contribution in [0.25, 0.3) is 0 Å². The molecular weight excluding hydrogens is 112 g/mol. The predicted molar refractivity (Wildman–Crippen MR) is 39.3 cm³/mol. The van der Waals surface area contributed by atoms with E-state index >= 15 is 0 Å². The minimum absolute atomic E-state index is 0.0880. The molecule has 0 heterocycles. The molecule has 50 valence electrons. The van der Waals surface area contributed by atoms with Crippen molar-refractivity contribution >= 4 is 5.78 Å². The van der Waals surface area contributed by atoms with Crippen molar-refractivity contribution in [1.82, 2.24) is 0 Å². The molecule has 0 aromatic rings. The summed E-state index contributed by atoms with van der Waals surface area (Å²) in [5.74, 6) is 0.0880. The van der Waals surface area contributed by atoms with E-state index in [2.05, 4.69) is 6.58 Å². The number of allylic oxidation sites excluding steroid dienone is 3. The summed E-state index contributed by atoms with van der Waals surface area (Å²) in [6.45, 7) is 8.87. The minimum Gasteiger partial charge on any atom is -0.295 e. The molecule has 0 N–H and O–H groups in total. The van der Waals surface area contributed by atoms with E-state index in [0.29, 0.717) is 0 Å². The largest absolute Gasteiger partial charge is 0.295 e. The lowest BCUT2D eigenvalue weighted by Crippen LogP contribution is -1.95. The average molecular weight is 124 g/mol. The molecule has 0 spiro atoms. The molecule has 0 aromatic heterocycles. The number of rotatable bonds is 2. The molecule has 0 aliphatic heterocycles. The highest BCUT2D eigenvalue weighted by molar-refractivity contribution is 5.97. The van der Waals surface area contributed by atoms with Crippen molar-refractivity contribution in [2.45, 2.75) is 20.8 Å². The lowest BCUT2D eigenvalue weighted by atomic mass is 10.1. The van der Waals surface area contributed by atoms with E-state index in [0.717, 1.165) is 11.1 Å². The maximum atomic E-state index is 10.7. The van der Waals surface area contributed by atoms with Gasteiger partial charge < -0.3 is 0 Å². The standard InChI is InChI=1S/C8H12O/c1-5-8(6(2)3)7(4)9/h5H,2H2,1,3-4H3/b8-5+. The van der Waals surface area contributed by atoms with E-state index in [4.69, 9.17) is 0 Å². The Labute approximate surface area is 56.1 Å². The molecule has 1 heteroatoms. The topological polar surface area (TPSA) is 17.1 Å². The molecule has 0 saturated carbocycles. The Morgan fingerprint density at radius 1 is 1.44 bits per heavy atom. The second kappa shape index (κ2) is 3.23. The zero-order valence-electron chi connectivity index (χ0n) is 6.19. The van der Waals surface area contributed by atoms with Gasteiger partial charge in [0, 0.05) is 5.57 Å². The van der Waals surface area contributed by atoms with Crippen LogP contribution >= 0.6 is 0 Å². The van der Waals surface area contributed by atoms with E-state index in [1.54, 1.807) is 13.0 Å². The summed E-state index contributed by atoms with van der Waals surface area (Å²) in [5.41, 5.74) is 1.57. The van der Waals surface area contributed by atoms with Crippen LogP contribution < -0.4 is 0 Å². The fourth-order valence-electron chi connectivity index (χ4n) is 0.750. The van der Waals surface area contributed by atoms with Gasteiger partial charge in [-0.3, -0.25) is 4.79 Å². The van der Waals surface area contributed by atoms with Gasteiger partial charge in [0.1, 0.15) is 0 Å². The van der Waals surface area contributed by atoms with Crippen LogP contribution in [0, 0.1) is 0 Å². The molecule has 1 nitrogen and oxygen atoms in total. The predicted octanol–water partition coefficient (Wildman–Crippen LogP) is 2.10. The highest BCUT2D eigenvalue weighted by Crippen LogP contribution is 2.06. The first kappa shape index (κ1) is 8.15. The van der Waals surface area contributed by atoms with Crippen molar-refractivity contribution in [2.75, 3.05) is 0 Å². The van der Waals surface area contributed by atoms with Crippen LogP contribution in [0.3, 0.4) is 0 Å². The van der Waals surface area contributed by atoms with Crippen LogP contribution in [0.5, 0.6) is 0 Å². The van der Waals surface area contributed by atoms with Gasteiger partial charge in [-0.25, -0.2) is 0 Å². The molecule has 0 atom stereocenters. The smallest absolute Gasteiger partial charge is 0.159 e. The molecule has 0 fully saturated rings. The van der Waals surface area contributed by atoms with Crippen molar-refractivity contribution in [1.29, 1.82) is 0 Å². The van der Waals surface area contributed by atoms with Crippen LogP contribution in [0.1, 0.15) is 20.8 Å². The maximum absolute atomic E-state index is 10.7. The van der Waals surface area contributed by atoms with E-state index in [1.165, 1.54) is 0 Å². The van der Waals surface area contributed by atoms with Crippen LogP contribution in [-0.4, -0.2) is 5.78 Å². The molecule has 0 radical (unpaired) electrons. The molecule has 0 unspecified atom stereocenters. The Bertz CT molecular complexity index is 147. The molecule has 9 heavy (non-hydrogen) atoms. The quantitative estimate of drug-likeness (QED) is 0.407. The summed E-state index contributed by atoms with van der Waals surface area (Å²) in [5, 5.41) is 0. The Kier molecular flexibility index (Phi) is 2.93. The molecule has 0 aromatic carbocycles. The number of hydrogen-bond donors (Lipinski definition) is 0. The lowest BCUT2D eigenvalue weighted by Gasteiger charge is -1.97. The van der Waals surface area contributed by atoms with Gasteiger partial charge in [-0.15, -0.1) is 0 Å². The first-order chi connectivity index (χ1) is 4.09. The summed E-state index contributed by atoms with van der Waals surface area (Å²) < 4.78 is 0. The highest BCUT2D eigenvalue weighted by Gasteiger charge is 2.00. The highest BCUT2D eigenvalue weighted by atomic mass is 16.1. The summed E-state index contributed by atoms with van der Waals surface area (Å²) in [6, 6.07) is 0. The number of ketones is 1. The average Bonchev–Trinajstić information content (AvgIpc) is 1.64. The second-order valence-corrected chi connectivity index (χ2v) is 2.04. The van der Waals surface area contributed by atoms with E-state index in [9.17, 15) is 4.79 Å². The van der Waals surface area contributed by atoms with Gasteiger partial charge in [0.25, 0.3) is 0 Å². The van der Waals surface area contributed by atoms with Gasteiger partial charge in [0.2, 0.25) is 0 Å². The van der Waals surface area contributed by atoms with E-state index in [1.807, 2.05) is 13.8 Å². The Morgan fingerprint density at radius 3 is 1.89 bits per heavy atom. The van der Waals surface area contributed by atoms with Gasteiger partial charge in [0.05, 0.1) is 0 Å². The number of hydrogen-bond acceptors (Lipinski definition) is 1. The first-order valence-electron chi connectivity index (χ1n) is 2.92. The zero-order chi connectivity index (χ0) is 7.44. The fraction of sp³-hybridized carbons (Fsp3) is 0.375. The third kappa shape index (κ3) is 2.27. The normalized spacial score (nSPS) is 11.2. The van der Waals surface area contributed by atoms with Gasteiger partial charge in [-0.05, 0) is 26.3 Å². The molecular formula is C8H12O. The zero-order valence-corrected chi connectivity index (χ0v) is 6.19. The number of carbonyl (C=O) groups is 1. The summed E-state index contributed by atoms with van der Waals surface area (Å²) in [4.78, 5) is 10.7. The molecule has 0 bridgehead atoms. The fourth-order valence-corrected chi connectivity index (χ4v) is 0.750. The van der Waals surface area contributed by atoms with Crippen LogP contribution in [0.4, 0.5) is 0 Å². The molecule has 0 aliphatic carbocycles. The van der Waals surface area contributed by atoms with Crippen molar-refractivity contribution < 1.29 is 4.79 Å². The van der Waals surface area contributed by atoms with Gasteiger partial charge in [-0.2, -0.15) is 0 Å². The second-order valence-electron chi connectivity index (χ2n) is 2.04. The Hall–Kier alpha value is -0.850. The SMILES string of the molecule is C=C(C)/C(=C\C)C(C)=O. The van der Waals surface area contributed by atoms with Gasteiger partial charge >= 0.3 is 0 Å². The molecule has 0 amide bonds.